The number of hydrogen-bond acceptors (Lipinski definition) is 1. The van der Waals surface area contributed by atoms with E-state index in [1.807, 2.05) is 6.07 Å². The van der Waals surface area contributed by atoms with Crippen molar-refractivity contribution in [2.75, 3.05) is 6.54 Å². The Kier molecular flexibility index (Phi) is 4.76. The Labute approximate surface area is 110 Å². The van der Waals surface area contributed by atoms with Gasteiger partial charge in [0.15, 0.2) is 0 Å². The van der Waals surface area contributed by atoms with Crippen molar-refractivity contribution >= 4 is 0 Å². The van der Waals surface area contributed by atoms with E-state index in [-0.39, 0.29) is 5.82 Å². The molecule has 1 aromatic rings. The predicted molar refractivity (Wildman–Crippen MR) is 74.3 cm³/mol. The molecule has 1 saturated carbocycles. The number of nitrogens with two attached hydrogens (primary N) is 1. The molecule has 1 aliphatic rings. The van der Waals surface area contributed by atoms with Crippen molar-refractivity contribution in [3.05, 3.63) is 35.1 Å². The zero-order valence-electron chi connectivity index (χ0n) is 11.3. The Balaban J connectivity index is 2.13. The fourth-order valence-electron chi connectivity index (χ4n) is 3.01. The zero-order chi connectivity index (χ0) is 13.0. The maximum absolute atomic E-state index is 14.2. The van der Waals surface area contributed by atoms with E-state index in [0.29, 0.717) is 18.4 Å². The number of halogens is 1. The molecular weight excluding hydrogens is 225 g/mol. The lowest BCUT2D eigenvalue weighted by Gasteiger charge is -2.23. The minimum Gasteiger partial charge on any atom is -0.330 e. The lowest BCUT2D eigenvalue weighted by atomic mass is 9.83. The largest absolute Gasteiger partial charge is 0.330 e. The third kappa shape index (κ3) is 3.11. The molecule has 0 spiro atoms. The Morgan fingerprint density at radius 1 is 1.28 bits per heavy atom. The summed E-state index contributed by atoms with van der Waals surface area (Å²) in [4.78, 5) is 0. The van der Waals surface area contributed by atoms with Crippen LogP contribution in [-0.2, 0) is 0 Å². The monoisotopic (exact) mass is 249 g/mol. The van der Waals surface area contributed by atoms with Crippen LogP contribution < -0.4 is 5.73 Å². The highest BCUT2D eigenvalue weighted by Gasteiger charge is 2.19. The average molecular weight is 249 g/mol. The molecule has 0 heterocycles. The van der Waals surface area contributed by atoms with Crippen LogP contribution in [0.4, 0.5) is 4.39 Å². The van der Waals surface area contributed by atoms with E-state index in [9.17, 15) is 4.39 Å². The van der Waals surface area contributed by atoms with E-state index < -0.39 is 0 Å². The molecule has 0 amide bonds. The van der Waals surface area contributed by atoms with Crippen LogP contribution >= 0.6 is 0 Å². The van der Waals surface area contributed by atoms with Crippen LogP contribution in [0, 0.1) is 5.82 Å². The van der Waals surface area contributed by atoms with Crippen molar-refractivity contribution in [1.82, 2.24) is 0 Å². The first-order valence-corrected chi connectivity index (χ1v) is 7.21. The van der Waals surface area contributed by atoms with Gasteiger partial charge in [0, 0.05) is 0 Å². The molecule has 1 fully saturated rings. The highest BCUT2D eigenvalue weighted by Crippen LogP contribution is 2.35. The Morgan fingerprint density at radius 2 is 2.00 bits per heavy atom. The maximum atomic E-state index is 14.2. The summed E-state index contributed by atoms with van der Waals surface area (Å²) in [5.74, 6) is 0.783. The average Bonchev–Trinajstić information content (AvgIpc) is 2.40. The summed E-state index contributed by atoms with van der Waals surface area (Å²) < 4.78 is 14.2. The van der Waals surface area contributed by atoms with Crippen LogP contribution in [0.2, 0.25) is 0 Å². The second kappa shape index (κ2) is 6.33. The number of rotatable bonds is 4. The van der Waals surface area contributed by atoms with Crippen LogP contribution in [0.5, 0.6) is 0 Å². The second-order valence-corrected chi connectivity index (χ2v) is 5.59. The van der Waals surface area contributed by atoms with Gasteiger partial charge in [0.1, 0.15) is 5.82 Å². The SMILES string of the molecule is CC(CCN)c1ccc(C2CCCCC2)c(F)c1. The summed E-state index contributed by atoms with van der Waals surface area (Å²) in [6.07, 6.45) is 7.01. The molecule has 18 heavy (non-hydrogen) atoms. The Bertz CT molecular complexity index is 383. The summed E-state index contributed by atoms with van der Waals surface area (Å²) in [5, 5.41) is 0. The molecule has 0 aromatic heterocycles. The van der Waals surface area contributed by atoms with Gasteiger partial charge in [-0.05, 0) is 54.8 Å². The van der Waals surface area contributed by atoms with Gasteiger partial charge < -0.3 is 5.73 Å². The zero-order valence-corrected chi connectivity index (χ0v) is 11.3. The Hall–Kier alpha value is -0.890. The van der Waals surface area contributed by atoms with E-state index in [1.165, 1.54) is 19.3 Å². The topological polar surface area (TPSA) is 26.0 Å². The summed E-state index contributed by atoms with van der Waals surface area (Å²) in [5.41, 5.74) is 7.57. The summed E-state index contributed by atoms with van der Waals surface area (Å²) in [6, 6.07) is 5.82. The smallest absolute Gasteiger partial charge is 0.126 e. The molecule has 2 heteroatoms. The van der Waals surface area contributed by atoms with Crippen molar-refractivity contribution in [3.8, 4) is 0 Å². The lowest BCUT2D eigenvalue weighted by molar-refractivity contribution is 0.429. The quantitative estimate of drug-likeness (QED) is 0.844. The fraction of sp³-hybridized carbons (Fsp3) is 0.625. The Morgan fingerprint density at radius 3 is 2.61 bits per heavy atom. The van der Waals surface area contributed by atoms with E-state index in [2.05, 4.69) is 13.0 Å². The third-order valence-electron chi connectivity index (χ3n) is 4.24. The summed E-state index contributed by atoms with van der Waals surface area (Å²) >= 11 is 0. The fourth-order valence-corrected chi connectivity index (χ4v) is 3.01. The molecule has 1 nitrogen and oxygen atoms in total. The molecule has 1 aliphatic carbocycles. The van der Waals surface area contributed by atoms with Crippen LogP contribution in [0.1, 0.15) is 68.4 Å². The predicted octanol–water partition coefficient (Wildman–Crippen LogP) is 4.33. The van der Waals surface area contributed by atoms with Gasteiger partial charge in [-0.15, -0.1) is 0 Å². The van der Waals surface area contributed by atoms with Crippen molar-refractivity contribution in [1.29, 1.82) is 0 Å². The van der Waals surface area contributed by atoms with Gasteiger partial charge in [-0.25, -0.2) is 4.39 Å². The van der Waals surface area contributed by atoms with Crippen molar-refractivity contribution in [2.24, 2.45) is 5.73 Å². The van der Waals surface area contributed by atoms with E-state index in [0.717, 1.165) is 30.4 Å². The first-order valence-electron chi connectivity index (χ1n) is 7.21. The van der Waals surface area contributed by atoms with Gasteiger partial charge in [0.2, 0.25) is 0 Å². The summed E-state index contributed by atoms with van der Waals surface area (Å²) in [7, 11) is 0. The highest BCUT2D eigenvalue weighted by molar-refractivity contribution is 5.29. The van der Waals surface area contributed by atoms with E-state index in [1.54, 1.807) is 6.07 Å². The van der Waals surface area contributed by atoms with E-state index >= 15 is 0 Å². The molecule has 0 radical (unpaired) electrons. The first kappa shape index (κ1) is 13.5. The number of hydrogen-bond donors (Lipinski definition) is 1. The van der Waals surface area contributed by atoms with Gasteiger partial charge in [-0.1, -0.05) is 38.3 Å². The molecule has 0 aliphatic heterocycles. The van der Waals surface area contributed by atoms with Gasteiger partial charge in [0.25, 0.3) is 0 Å². The molecular formula is C16H24FN. The molecule has 1 unspecified atom stereocenters. The molecule has 2 rings (SSSR count). The second-order valence-electron chi connectivity index (χ2n) is 5.59. The first-order chi connectivity index (χ1) is 8.72. The minimum atomic E-state index is -0.0109. The summed E-state index contributed by atoms with van der Waals surface area (Å²) in [6.45, 7) is 2.77. The normalized spacial score (nSPS) is 18.8. The lowest BCUT2D eigenvalue weighted by Crippen LogP contribution is -2.08. The highest BCUT2D eigenvalue weighted by atomic mass is 19.1. The third-order valence-corrected chi connectivity index (χ3v) is 4.24. The molecule has 0 saturated heterocycles. The molecule has 0 bridgehead atoms. The van der Waals surface area contributed by atoms with Crippen molar-refractivity contribution < 1.29 is 4.39 Å². The standard InChI is InChI=1S/C16H24FN/c1-12(9-10-18)14-7-8-15(16(17)11-14)13-5-3-2-4-6-13/h7-8,11-13H,2-6,9-10,18H2,1H3. The molecule has 2 N–H and O–H groups in total. The van der Waals surface area contributed by atoms with Crippen LogP contribution in [0.15, 0.2) is 18.2 Å². The minimum absolute atomic E-state index is 0.0109. The number of benzene rings is 1. The van der Waals surface area contributed by atoms with Crippen LogP contribution in [0.25, 0.3) is 0 Å². The van der Waals surface area contributed by atoms with Gasteiger partial charge in [-0.2, -0.15) is 0 Å². The maximum Gasteiger partial charge on any atom is 0.126 e. The van der Waals surface area contributed by atoms with Gasteiger partial charge in [0.05, 0.1) is 0 Å². The van der Waals surface area contributed by atoms with Crippen LogP contribution in [-0.4, -0.2) is 6.54 Å². The van der Waals surface area contributed by atoms with Crippen LogP contribution in [0.3, 0.4) is 0 Å². The van der Waals surface area contributed by atoms with Crippen molar-refractivity contribution in [3.63, 3.8) is 0 Å². The van der Waals surface area contributed by atoms with E-state index in [4.69, 9.17) is 5.73 Å². The molecule has 1 aromatic carbocycles. The molecule has 100 valence electrons. The van der Waals surface area contributed by atoms with Gasteiger partial charge in [-0.3, -0.25) is 0 Å². The molecule has 1 atom stereocenters. The van der Waals surface area contributed by atoms with Crippen molar-refractivity contribution in [2.45, 2.75) is 57.3 Å². The van der Waals surface area contributed by atoms with Gasteiger partial charge >= 0.3 is 0 Å².